The monoisotopic (exact) mass is 266 g/mol. The number of hydrogen-bond donors (Lipinski definition) is 0. The van der Waals surface area contributed by atoms with E-state index < -0.39 is 19.1 Å². The minimum absolute atomic E-state index is 0.402. The van der Waals surface area contributed by atoms with E-state index in [-0.39, 0.29) is 0 Å². The van der Waals surface area contributed by atoms with Crippen molar-refractivity contribution < 1.29 is 13.5 Å². The molecule has 0 amide bonds. The number of hydrogen-bond acceptors (Lipinski definition) is 2. The Hall–Kier alpha value is -0.650. The van der Waals surface area contributed by atoms with E-state index in [2.05, 4.69) is 21.0 Å². The predicted octanol–water partition coefficient (Wildman–Crippen LogP) is 2.24. The molecule has 1 aromatic rings. The fourth-order valence-electron chi connectivity index (χ4n) is 1.38. The number of rotatable bonds is 1. The first-order valence-electron chi connectivity index (χ1n) is 4.29. The van der Waals surface area contributed by atoms with Crippen molar-refractivity contribution in [1.82, 2.24) is 9.78 Å². The van der Waals surface area contributed by atoms with Crippen LogP contribution in [0.25, 0.3) is 0 Å². The van der Waals surface area contributed by atoms with Crippen LogP contribution in [-0.2, 0) is 13.0 Å². The van der Waals surface area contributed by atoms with Crippen molar-refractivity contribution in [2.24, 2.45) is 0 Å². The second-order valence-corrected chi connectivity index (χ2v) is 4.01. The molecule has 0 spiro atoms. The zero-order valence-electron chi connectivity index (χ0n) is 7.56. The first kappa shape index (κ1) is 9.89. The van der Waals surface area contributed by atoms with Gasteiger partial charge in [-0.25, -0.2) is 13.5 Å². The molecule has 1 aliphatic heterocycles. The summed E-state index contributed by atoms with van der Waals surface area (Å²) in [6, 6.07) is 0. The third-order valence-electron chi connectivity index (χ3n) is 2.05. The maximum atomic E-state index is 12.9. The van der Waals surface area contributed by atoms with Crippen molar-refractivity contribution in [2.75, 3.05) is 6.61 Å². The van der Waals surface area contributed by atoms with Crippen LogP contribution >= 0.6 is 15.9 Å². The summed E-state index contributed by atoms with van der Waals surface area (Å²) in [4.78, 5) is 0. The predicted molar refractivity (Wildman–Crippen MR) is 49.7 cm³/mol. The van der Waals surface area contributed by atoms with E-state index in [1.165, 1.54) is 4.68 Å². The lowest BCUT2D eigenvalue weighted by Gasteiger charge is -2.23. The van der Waals surface area contributed by atoms with Gasteiger partial charge in [0.15, 0.2) is 6.61 Å². The van der Waals surface area contributed by atoms with E-state index in [4.69, 9.17) is 4.74 Å². The third kappa shape index (κ3) is 1.51. The van der Waals surface area contributed by atoms with Gasteiger partial charge in [-0.3, -0.25) is 0 Å². The largest absolute Gasteiger partial charge is 0.471 e. The molecule has 0 radical (unpaired) electrons. The maximum Gasteiger partial charge on any atom is 0.300 e. The van der Waals surface area contributed by atoms with Crippen LogP contribution in [0.15, 0.2) is 4.47 Å². The van der Waals surface area contributed by atoms with E-state index >= 15 is 0 Å². The first-order chi connectivity index (χ1) is 6.53. The van der Waals surface area contributed by atoms with Gasteiger partial charge < -0.3 is 4.74 Å². The summed E-state index contributed by atoms with van der Waals surface area (Å²) in [5, 5.41) is 4.03. The molecule has 3 nitrogen and oxygen atoms in total. The first-order valence-corrected chi connectivity index (χ1v) is 5.08. The van der Waals surface area contributed by atoms with Gasteiger partial charge in [0.25, 0.3) is 0 Å². The van der Waals surface area contributed by atoms with Gasteiger partial charge >= 0.3 is 5.92 Å². The Morgan fingerprint density at radius 1 is 1.64 bits per heavy atom. The van der Waals surface area contributed by atoms with Gasteiger partial charge in [-0.05, 0) is 22.4 Å². The van der Waals surface area contributed by atoms with Crippen molar-refractivity contribution >= 4 is 15.9 Å². The van der Waals surface area contributed by atoms with Gasteiger partial charge in [-0.15, -0.1) is 0 Å². The fourth-order valence-corrected chi connectivity index (χ4v) is 2.06. The minimum atomic E-state index is -2.82. The number of halogens is 3. The molecular weight excluding hydrogens is 258 g/mol. The normalized spacial score (nSPS) is 18.9. The molecule has 6 heteroatoms. The number of alkyl halides is 2. The second kappa shape index (κ2) is 3.18. The number of aryl methyl sites for hydroxylation is 1. The van der Waals surface area contributed by atoms with E-state index in [1.807, 2.05) is 6.92 Å². The van der Waals surface area contributed by atoms with E-state index in [9.17, 15) is 8.78 Å². The molecule has 2 heterocycles. The van der Waals surface area contributed by atoms with Gasteiger partial charge in [0.2, 0.25) is 5.88 Å². The highest BCUT2D eigenvalue weighted by molar-refractivity contribution is 9.10. The summed E-state index contributed by atoms with van der Waals surface area (Å²) in [5.74, 6) is -2.41. The highest BCUT2D eigenvalue weighted by Gasteiger charge is 2.38. The zero-order chi connectivity index (χ0) is 10.3. The van der Waals surface area contributed by atoms with E-state index in [1.54, 1.807) is 0 Å². The van der Waals surface area contributed by atoms with Crippen LogP contribution in [0.1, 0.15) is 12.6 Å². The Morgan fingerprint density at radius 2 is 2.36 bits per heavy atom. The Morgan fingerprint density at radius 3 is 3.00 bits per heavy atom. The second-order valence-electron chi connectivity index (χ2n) is 3.22. The van der Waals surface area contributed by atoms with Gasteiger partial charge in [0.1, 0.15) is 11.0 Å². The molecule has 78 valence electrons. The molecule has 0 N–H and O–H groups in total. The van der Waals surface area contributed by atoms with Crippen LogP contribution < -0.4 is 4.74 Å². The molecular formula is C8H9BrF2N2O. The lowest BCUT2D eigenvalue weighted by Crippen LogP contribution is -2.36. The smallest absolute Gasteiger partial charge is 0.300 e. The Labute approximate surface area is 88.2 Å². The number of fused-ring (bicyclic) bond motifs is 1. The highest BCUT2D eigenvalue weighted by Crippen LogP contribution is 2.35. The standard InChI is InChI=1S/C8H9BrF2N2O/c1-2-5-6(9)7-13(12-5)3-8(10,11)4-14-7/h2-4H2,1H3. The van der Waals surface area contributed by atoms with Crippen molar-refractivity contribution in [2.45, 2.75) is 25.8 Å². The Bertz CT molecular complexity index is 364. The molecule has 0 bridgehead atoms. The maximum absolute atomic E-state index is 12.9. The summed E-state index contributed by atoms with van der Waals surface area (Å²) >= 11 is 3.28. The summed E-state index contributed by atoms with van der Waals surface area (Å²) in [7, 11) is 0. The molecule has 1 aromatic heterocycles. The van der Waals surface area contributed by atoms with Crippen molar-refractivity contribution in [3.63, 3.8) is 0 Å². The number of nitrogens with zero attached hydrogens (tertiary/aromatic N) is 2. The molecule has 0 aliphatic carbocycles. The van der Waals surface area contributed by atoms with Crippen LogP contribution in [0.3, 0.4) is 0 Å². The van der Waals surface area contributed by atoms with Gasteiger partial charge in [-0.1, -0.05) is 6.92 Å². The summed E-state index contributed by atoms with van der Waals surface area (Å²) in [6.07, 6.45) is 0.690. The molecule has 0 fully saturated rings. The van der Waals surface area contributed by atoms with E-state index in [0.29, 0.717) is 16.8 Å². The average Bonchev–Trinajstić information content (AvgIpc) is 2.40. The molecule has 2 rings (SSSR count). The highest BCUT2D eigenvalue weighted by atomic mass is 79.9. The van der Waals surface area contributed by atoms with E-state index in [0.717, 1.165) is 5.69 Å². The van der Waals surface area contributed by atoms with Gasteiger partial charge in [-0.2, -0.15) is 5.10 Å². The molecule has 0 saturated heterocycles. The van der Waals surface area contributed by atoms with Crippen LogP contribution in [0.2, 0.25) is 0 Å². The average molecular weight is 267 g/mol. The molecule has 0 aromatic carbocycles. The van der Waals surface area contributed by atoms with Gasteiger partial charge in [0.05, 0.1) is 5.69 Å². The quantitative estimate of drug-likeness (QED) is 0.780. The molecule has 14 heavy (non-hydrogen) atoms. The summed E-state index contributed by atoms with van der Waals surface area (Å²) in [5.41, 5.74) is 0.748. The summed E-state index contributed by atoms with van der Waals surface area (Å²) < 4.78 is 32.7. The SMILES string of the molecule is CCc1nn2c(c1Br)OCC(F)(F)C2. The molecule has 0 unspecified atom stereocenters. The van der Waals surface area contributed by atoms with Crippen LogP contribution in [0.5, 0.6) is 5.88 Å². The zero-order valence-corrected chi connectivity index (χ0v) is 9.14. The van der Waals surface area contributed by atoms with Crippen LogP contribution in [0.4, 0.5) is 8.78 Å². The molecule has 0 atom stereocenters. The lowest BCUT2D eigenvalue weighted by atomic mass is 10.3. The fraction of sp³-hybridized carbons (Fsp3) is 0.625. The molecule has 1 aliphatic rings. The van der Waals surface area contributed by atoms with Crippen molar-refractivity contribution in [3.8, 4) is 5.88 Å². The lowest BCUT2D eigenvalue weighted by molar-refractivity contribution is -0.0798. The summed E-state index contributed by atoms with van der Waals surface area (Å²) in [6.45, 7) is 0.943. The topological polar surface area (TPSA) is 27.1 Å². The van der Waals surface area contributed by atoms with Crippen LogP contribution in [0, 0.1) is 0 Å². The van der Waals surface area contributed by atoms with Crippen molar-refractivity contribution in [1.29, 1.82) is 0 Å². The minimum Gasteiger partial charge on any atom is -0.471 e. The number of ether oxygens (including phenoxy) is 1. The number of aromatic nitrogens is 2. The third-order valence-corrected chi connectivity index (χ3v) is 2.85. The van der Waals surface area contributed by atoms with Crippen molar-refractivity contribution in [3.05, 3.63) is 10.2 Å². The Balaban J connectivity index is 2.40. The molecule has 0 saturated carbocycles. The Kier molecular flexibility index (Phi) is 2.25. The van der Waals surface area contributed by atoms with Crippen LogP contribution in [-0.4, -0.2) is 22.3 Å². The van der Waals surface area contributed by atoms with Gasteiger partial charge in [0, 0.05) is 0 Å².